The molecule has 0 aliphatic carbocycles. The van der Waals surface area contributed by atoms with E-state index < -0.39 is 11.6 Å². The Kier molecular flexibility index (Phi) is 2.10. The quantitative estimate of drug-likeness (QED) is 0.655. The minimum absolute atomic E-state index is 0.108. The fourth-order valence-electron chi connectivity index (χ4n) is 1.47. The maximum absolute atomic E-state index is 13.2. The molecule has 0 bridgehead atoms. The lowest BCUT2D eigenvalue weighted by Gasteiger charge is -2.11. The Hall–Kier alpha value is -1.22. The fourth-order valence-corrected chi connectivity index (χ4v) is 1.47. The zero-order chi connectivity index (χ0) is 9.26. The van der Waals surface area contributed by atoms with Crippen molar-refractivity contribution in [1.29, 1.82) is 0 Å². The predicted octanol–water partition coefficient (Wildman–Crippen LogP) is 2.17. The summed E-state index contributed by atoms with van der Waals surface area (Å²) in [7, 11) is 0. The topological polar surface area (TPSA) is 12.0 Å². The van der Waals surface area contributed by atoms with Crippen molar-refractivity contribution >= 4 is 0 Å². The Bertz CT molecular complexity index is 327. The second-order valence-corrected chi connectivity index (χ2v) is 2.95. The summed E-state index contributed by atoms with van der Waals surface area (Å²) in [6.45, 7) is 0.665. The minimum atomic E-state index is -0.496. The van der Waals surface area contributed by atoms with Gasteiger partial charge in [0.2, 0.25) is 0 Å². The summed E-state index contributed by atoms with van der Waals surface area (Å²) in [5.74, 6) is -0.992. The van der Waals surface area contributed by atoms with Gasteiger partial charge in [-0.15, -0.1) is 0 Å². The summed E-state index contributed by atoms with van der Waals surface area (Å²) < 4.78 is 26.4. The highest BCUT2D eigenvalue weighted by atomic mass is 19.1. The Labute approximate surface area is 75.1 Å². The lowest BCUT2D eigenvalue weighted by Crippen LogP contribution is -2.16. The second-order valence-electron chi connectivity index (χ2n) is 2.95. The molecule has 3 heteroatoms. The number of halogens is 2. The number of hydrogen-bond acceptors (Lipinski definition) is 1. The van der Waals surface area contributed by atoms with E-state index in [4.69, 9.17) is 0 Å². The van der Waals surface area contributed by atoms with Gasteiger partial charge in [0.15, 0.2) is 0 Å². The average Bonchev–Trinajstić information content (AvgIpc) is 2.57. The lowest BCUT2D eigenvalue weighted by atomic mass is 10.1. The Balaban J connectivity index is 2.43. The fraction of sp³-hybridized carbons (Fsp3) is 0.200. The van der Waals surface area contributed by atoms with Crippen LogP contribution in [-0.2, 0) is 0 Å². The first-order valence-corrected chi connectivity index (χ1v) is 4.13. The first kappa shape index (κ1) is 8.38. The van der Waals surface area contributed by atoms with Gasteiger partial charge in [0.1, 0.15) is 11.6 Å². The highest BCUT2D eigenvalue weighted by Gasteiger charge is 2.18. The largest absolute Gasteiger partial charge is 0.303 e. The van der Waals surface area contributed by atoms with E-state index in [0.29, 0.717) is 6.54 Å². The first-order valence-electron chi connectivity index (χ1n) is 4.13. The van der Waals surface area contributed by atoms with E-state index in [0.717, 1.165) is 0 Å². The van der Waals surface area contributed by atoms with E-state index in [1.165, 1.54) is 18.2 Å². The molecule has 1 aliphatic heterocycles. The molecule has 0 spiro atoms. The Morgan fingerprint density at radius 3 is 2.46 bits per heavy atom. The molecule has 0 saturated carbocycles. The van der Waals surface area contributed by atoms with Gasteiger partial charge in [0.25, 0.3) is 0 Å². The van der Waals surface area contributed by atoms with Crippen molar-refractivity contribution in [3.63, 3.8) is 0 Å². The van der Waals surface area contributed by atoms with Crippen LogP contribution in [-0.4, -0.2) is 6.54 Å². The van der Waals surface area contributed by atoms with Crippen molar-refractivity contribution in [2.75, 3.05) is 6.54 Å². The highest BCUT2D eigenvalue weighted by Crippen LogP contribution is 2.23. The van der Waals surface area contributed by atoms with Gasteiger partial charge in [-0.1, -0.05) is 18.2 Å². The van der Waals surface area contributed by atoms with Crippen LogP contribution in [0.15, 0.2) is 30.4 Å². The normalized spacial score (nSPS) is 20.9. The second kappa shape index (κ2) is 3.26. The molecule has 0 amide bonds. The molecule has 1 aliphatic rings. The summed E-state index contributed by atoms with van der Waals surface area (Å²) in [6, 6.07) is 3.59. The molecule has 1 N–H and O–H groups in total. The summed E-state index contributed by atoms with van der Waals surface area (Å²) in [6.07, 6.45) is 3.62. The minimum Gasteiger partial charge on any atom is -0.303 e. The number of rotatable bonds is 1. The molecule has 0 aromatic heterocycles. The van der Waals surface area contributed by atoms with Crippen molar-refractivity contribution < 1.29 is 8.78 Å². The predicted molar refractivity (Wildman–Crippen MR) is 46.2 cm³/mol. The van der Waals surface area contributed by atoms with E-state index in [9.17, 15) is 8.78 Å². The molecule has 1 heterocycles. The zero-order valence-corrected chi connectivity index (χ0v) is 6.93. The van der Waals surface area contributed by atoms with E-state index in [-0.39, 0.29) is 11.6 Å². The van der Waals surface area contributed by atoms with E-state index in [1.807, 2.05) is 6.08 Å². The highest BCUT2D eigenvalue weighted by molar-refractivity contribution is 5.28. The van der Waals surface area contributed by atoms with Gasteiger partial charge in [0.05, 0.1) is 6.04 Å². The molecular weight excluding hydrogens is 172 g/mol. The summed E-state index contributed by atoms with van der Waals surface area (Å²) in [5, 5.41) is 2.96. The molecule has 0 radical (unpaired) electrons. The van der Waals surface area contributed by atoms with E-state index in [1.54, 1.807) is 6.08 Å². The van der Waals surface area contributed by atoms with Crippen molar-refractivity contribution in [3.8, 4) is 0 Å². The monoisotopic (exact) mass is 181 g/mol. The van der Waals surface area contributed by atoms with Crippen LogP contribution in [0.4, 0.5) is 8.78 Å². The molecule has 2 rings (SSSR count). The molecule has 1 unspecified atom stereocenters. The molecule has 1 nitrogen and oxygen atoms in total. The van der Waals surface area contributed by atoms with Gasteiger partial charge in [-0.05, 0) is 12.1 Å². The van der Waals surface area contributed by atoms with Crippen molar-refractivity contribution in [2.24, 2.45) is 0 Å². The summed E-state index contributed by atoms with van der Waals surface area (Å²) >= 11 is 0. The zero-order valence-electron chi connectivity index (χ0n) is 6.93. The van der Waals surface area contributed by atoms with Crippen molar-refractivity contribution in [1.82, 2.24) is 5.32 Å². The maximum Gasteiger partial charge on any atom is 0.131 e. The molecule has 0 fully saturated rings. The smallest absolute Gasteiger partial charge is 0.131 e. The van der Waals surface area contributed by atoms with Gasteiger partial charge in [0, 0.05) is 12.1 Å². The van der Waals surface area contributed by atoms with E-state index >= 15 is 0 Å². The molecule has 13 heavy (non-hydrogen) atoms. The maximum atomic E-state index is 13.2. The summed E-state index contributed by atoms with van der Waals surface area (Å²) in [5.41, 5.74) is 0.108. The van der Waals surface area contributed by atoms with E-state index in [2.05, 4.69) is 5.32 Å². The van der Waals surface area contributed by atoms with Crippen LogP contribution < -0.4 is 5.32 Å². The number of hydrogen-bond donors (Lipinski definition) is 1. The average molecular weight is 181 g/mol. The van der Waals surface area contributed by atoms with Gasteiger partial charge in [-0.25, -0.2) is 8.78 Å². The van der Waals surface area contributed by atoms with Crippen LogP contribution in [0, 0.1) is 11.6 Å². The Morgan fingerprint density at radius 2 is 1.92 bits per heavy atom. The molecule has 0 saturated heterocycles. The van der Waals surface area contributed by atoms with Crippen LogP contribution in [0.3, 0.4) is 0 Å². The first-order chi connectivity index (χ1) is 6.29. The number of benzene rings is 1. The van der Waals surface area contributed by atoms with Crippen LogP contribution in [0.2, 0.25) is 0 Å². The van der Waals surface area contributed by atoms with Gasteiger partial charge < -0.3 is 5.32 Å². The van der Waals surface area contributed by atoms with Crippen LogP contribution in [0.5, 0.6) is 0 Å². The van der Waals surface area contributed by atoms with Gasteiger partial charge in [-0.3, -0.25) is 0 Å². The SMILES string of the molecule is Fc1cccc(F)c1C1C=CCN1. The van der Waals surface area contributed by atoms with Crippen LogP contribution in [0.1, 0.15) is 11.6 Å². The third-order valence-electron chi connectivity index (χ3n) is 2.09. The third-order valence-corrected chi connectivity index (χ3v) is 2.09. The van der Waals surface area contributed by atoms with Crippen LogP contribution in [0.25, 0.3) is 0 Å². The standard InChI is InChI=1S/C10H9F2N/c11-7-3-1-4-8(12)10(7)9-5-2-6-13-9/h1-5,9,13H,6H2. The Morgan fingerprint density at radius 1 is 1.23 bits per heavy atom. The third kappa shape index (κ3) is 1.47. The van der Waals surface area contributed by atoms with Gasteiger partial charge >= 0.3 is 0 Å². The molecular formula is C10H9F2N. The lowest BCUT2D eigenvalue weighted by molar-refractivity contribution is 0.528. The molecule has 1 aromatic carbocycles. The number of nitrogens with one attached hydrogen (secondary N) is 1. The van der Waals surface area contributed by atoms with Crippen LogP contribution >= 0.6 is 0 Å². The van der Waals surface area contributed by atoms with Gasteiger partial charge in [-0.2, -0.15) is 0 Å². The van der Waals surface area contributed by atoms with Crippen molar-refractivity contribution in [2.45, 2.75) is 6.04 Å². The molecule has 1 aromatic rings. The molecule has 68 valence electrons. The molecule has 1 atom stereocenters. The summed E-state index contributed by atoms with van der Waals surface area (Å²) in [4.78, 5) is 0. The van der Waals surface area contributed by atoms with Crippen molar-refractivity contribution in [3.05, 3.63) is 47.5 Å².